The molecule has 0 aliphatic carbocycles. The van der Waals surface area contributed by atoms with Gasteiger partial charge in [-0.15, -0.1) is 12.4 Å². The molecule has 0 bridgehead atoms. The largest absolute Gasteiger partial charge is 0.350 e. The van der Waals surface area contributed by atoms with Crippen molar-refractivity contribution in [2.75, 3.05) is 13.1 Å². The van der Waals surface area contributed by atoms with Crippen LogP contribution >= 0.6 is 12.4 Å². The Balaban J connectivity index is 0.00000162. The summed E-state index contributed by atoms with van der Waals surface area (Å²) in [5, 5.41) is 6.29. The molecule has 0 radical (unpaired) electrons. The minimum absolute atomic E-state index is 0. The van der Waals surface area contributed by atoms with Gasteiger partial charge in [-0.2, -0.15) is 0 Å². The van der Waals surface area contributed by atoms with Crippen LogP contribution in [0.4, 0.5) is 0 Å². The van der Waals surface area contributed by atoms with Crippen LogP contribution < -0.4 is 10.6 Å². The topological polar surface area (TPSA) is 54.0 Å². The summed E-state index contributed by atoms with van der Waals surface area (Å²) in [4.78, 5) is 15.9. The smallest absolute Gasteiger partial charge is 0.220 e. The Hall–Kier alpha value is -1.13. The Bertz CT molecular complexity index is 366. The maximum absolute atomic E-state index is 11.8. The second-order valence-corrected chi connectivity index (χ2v) is 4.64. The fraction of sp³-hybridized carbons (Fsp3) is 0.538. The zero-order chi connectivity index (χ0) is 12.1. The van der Waals surface area contributed by atoms with Crippen molar-refractivity contribution in [1.82, 2.24) is 15.6 Å². The molecule has 1 amide bonds. The maximum atomic E-state index is 11.8. The highest BCUT2D eigenvalue weighted by molar-refractivity contribution is 5.85. The quantitative estimate of drug-likeness (QED) is 0.875. The van der Waals surface area contributed by atoms with Gasteiger partial charge < -0.3 is 10.6 Å². The molecule has 2 unspecified atom stereocenters. The van der Waals surface area contributed by atoms with Crippen LogP contribution in [0.25, 0.3) is 0 Å². The number of hydrogen-bond donors (Lipinski definition) is 2. The van der Waals surface area contributed by atoms with E-state index in [-0.39, 0.29) is 24.4 Å². The van der Waals surface area contributed by atoms with Crippen LogP contribution in [0.1, 0.15) is 31.4 Å². The van der Waals surface area contributed by atoms with E-state index in [1.54, 1.807) is 12.4 Å². The summed E-state index contributed by atoms with van der Waals surface area (Å²) in [6.45, 7) is 3.99. The van der Waals surface area contributed by atoms with E-state index in [0.717, 1.165) is 25.1 Å². The first-order valence-electron chi connectivity index (χ1n) is 6.15. The minimum atomic E-state index is 0. The van der Waals surface area contributed by atoms with Crippen molar-refractivity contribution in [2.45, 2.75) is 25.8 Å². The van der Waals surface area contributed by atoms with Crippen LogP contribution in [0, 0.1) is 5.92 Å². The van der Waals surface area contributed by atoms with E-state index in [9.17, 15) is 4.79 Å². The van der Waals surface area contributed by atoms with Gasteiger partial charge in [0, 0.05) is 18.8 Å². The number of carbonyl (C=O) groups is 1. The summed E-state index contributed by atoms with van der Waals surface area (Å²) in [6.07, 6.45) is 5.26. The molecule has 1 aromatic rings. The van der Waals surface area contributed by atoms with E-state index in [4.69, 9.17) is 0 Å². The van der Waals surface area contributed by atoms with Crippen LogP contribution in [0.3, 0.4) is 0 Å². The Morgan fingerprint density at radius 2 is 2.50 bits per heavy atom. The number of rotatable bonds is 4. The predicted octanol–water partition coefficient (Wildman–Crippen LogP) is 1.68. The van der Waals surface area contributed by atoms with Gasteiger partial charge in [0.2, 0.25) is 5.91 Å². The third-order valence-electron chi connectivity index (χ3n) is 3.20. The van der Waals surface area contributed by atoms with Crippen molar-refractivity contribution < 1.29 is 4.79 Å². The molecule has 1 fully saturated rings. The summed E-state index contributed by atoms with van der Waals surface area (Å²) in [7, 11) is 0. The summed E-state index contributed by atoms with van der Waals surface area (Å²) in [5.74, 6) is 0.631. The van der Waals surface area contributed by atoms with Gasteiger partial charge in [0.1, 0.15) is 0 Å². The molecular formula is C13H20ClN3O. The van der Waals surface area contributed by atoms with E-state index in [1.807, 2.05) is 19.1 Å². The van der Waals surface area contributed by atoms with Gasteiger partial charge >= 0.3 is 0 Å². The van der Waals surface area contributed by atoms with Crippen molar-refractivity contribution >= 4 is 18.3 Å². The second-order valence-electron chi connectivity index (χ2n) is 4.64. The lowest BCUT2D eigenvalue weighted by molar-refractivity contribution is -0.122. The number of aromatic nitrogens is 1. The molecule has 0 aromatic carbocycles. The highest BCUT2D eigenvalue weighted by Crippen LogP contribution is 2.14. The van der Waals surface area contributed by atoms with E-state index in [1.165, 1.54) is 0 Å². The molecule has 2 heterocycles. The Morgan fingerprint density at radius 3 is 3.11 bits per heavy atom. The molecule has 18 heavy (non-hydrogen) atoms. The summed E-state index contributed by atoms with van der Waals surface area (Å²) < 4.78 is 0. The Morgan fingerprint density at radius 1 is 1.67 bits per heavy atom. The van der Waals surface area contributed by atoms with Crippen molar-refractivity contribution in [2.24, 2.45) is 5.92 Å². The first-order valence-corrected chi connectivity index (χ1v) is 6.15. The number of nitrogens with zero attached hydrogens (tertiary/aromatic N) is 1. The lowest BCUT2D eigenvalue weighted by Crippen LogP contribution is -2.28. The molecular weight excluding hydrogens is 250 g/mol. The fourth-order valence-corrected chi connectivity index (χ4v) is 2.17. The molecule has 5 heteroatoms. The van der Waals surface area contributed by atoms with Gasteiger partial charge in [0.25, 0.3) is 0 Å². The van der Waals surface area contributed by atoms with Crippen molar-refractivity contribution in [1.29, 1.82) is 0 Å². The lowest BCUT2D eigenvalue weighted by atomic mass is 10.0. The highest BCUT2D eigenvalue weighted by atomic mass is 35.5. The van der Waals surface area contributed by atoms with E-state index < -0.39 is 0 Å². The molecule has 0 saturated carbocycles. The molecule has 2 atom stereocenters. The normalized spacial score (nSPS) is 19.9. The van der Waals surface area contributed by atoms with Crippen molar-refractivity contribution in [3.8, 4) is 0 Å². The molecule has 2 N–H and O–H groups in total. The Labute approximate surface area is 114 Å². The van der Waals surface area contributed by atoms with Gasteiger partial charge in [-0.05, 0) is 44.0 Å². The fourth-order valence-electron chi connectivity index (χ4n) is 2.17. The van der Waals surface area contributed by atoms with Crippen LogP contribution in [0.2, 0.25) is 0 Å². The zero-order valence-corrected chi connectivity index (χ0v) is 11.4. The zero-order valence-electron chi connectivity index (χ0n) is 10.6. The average molecular weight is 270 g/mol. The first-order chi connectivity index (χ1) is 8.25. The summed E-state index contributed by atoms with van der Waals surface area (Å²) in [6, 6.07) is 3.90. The molecule has 1 aliphatic rings. The molecule has 2 rings (SSSR count). The molecule has 4 nitrogen and oxygen atoms in total. The lowest BCUT2D eigenvalue weighted by Gasteiger charge is -2.15. The van der Waals surface area contributed by atoms with E-state index >= 15 is 0 Å². The van der Waals surface area contributed by atoms with Gasteiger partial charge in [0.05, 0.1) is 6.04 Å². The SMILES string of the molecule is CC(NC(=O)CC1CCNC1)c1cccnc1.Cl. The molecule has 100 valence electrons. The van der Waals surface area contributed by atoms with E-state index in [2.05, 4.69) is 15.6 Å². The number of nitrogens with one attached hydrogen (secondary N) is 2. The van der Waals surface area contributed by atoms with Gasteiger partial charge in [0.15, 0.2) is 0 Å². The summed E-state index contributed by atoms with van der Waals surface area (Å²) >= 11 is 0. The number of hydrogen-bond acceptors (Lipinski definition) is 3. The standard InChI is InChI=1S/C13H19N3O.ClH/c1-10(12-3-2-5-14-9-12)16-13(17)7-11-4-6-15-8-11;/h2-3,5,9-11,15H,4,6-8H2,1H3,(H,16,17);1H. The Kier molecular flexibility index (Phi) is 6.09. The van der Waals surface area contributed by atoms with E-state index in [0.29, 0.717) is 12.3 Å². The van der Waals surface area contributed by atoms with Crippen LogP contribution in [-0.2, 0) is 4.79 Å². The first kappa shape index (κ1) is 14.9. The van der Waals surface area contributed by atoms with Gasteiger partial charge in [-0.1, -0.05) is 6.07 Å². The van der Waals surface area contributed by atoms with Crippen molar-refractivity contribution in [3.05, 3.63) is 30.1 Å². The predicted molar refractivity (Wildman–Crippen MR) is 73.6 cm³/mol. The minimum Gasteiger partial charge on any atom is -0.350 e. The highest BCUT2D eigenvalue weighted by Gasteiger charge is 2.19. The third-order valence-corrected chi connectivity index (χ3v) is 3.20. The van der Waals surface area contributed by atoms with Crippen LogP contribution in [0.15, 0.2) is 24.5 Å². The van der Waals surface area contributed by atoms with Crippen molar-refractivity contribution in [3.63, 3.8) is 0 Å². The number of pyridine rings is 1. The van der Waals surface area contributed by atoms with Gasteiger partial charge in [-0.3, -0.25) is 9.78 Å². The van der Waals surface area contributed by atoms with Crippen LogP contribution in [0.5, 0.6) is 0 Å². The molecule has 1 aliphatic heterocycles. The maximum Gasteiger partial charge on any atom is 0.220 e. The van der Waals surface area contributed by atoms with Crippen LogP contribution in [-0.4, -0.2) is 24.0 Å². The average Bonchev–Trinajstić information content (AvgIpc) is 2.82. The molecule has 1 aromatic heterocycles. The molecule has 1 saturated heterocycles. The monoisotopic (exact) mass is 269 g/mol. The second kappa shape index (κ2) is 7.34. The number of carbonyl (C=O) groups excluding carboxylic acids is 1. The number of halogens is 1. The number of amides is 1. The third kappa shape index (κ3) is 4.27. The summed E-state index contributed by atoms with van der Waals surface area (Å²) in [5.41, 5.74) is 1.05. The molecule has 0 spiro atoms. The van der Waals surface area contributed by atoms with Gasteiger partial charge in [-0.25, -0.2) is 0 Å².